The summed E-state index contributed by atoms with van der Waals surface area (Å²) in [5.74, 6) is -1.42. The predicted octanol–water partition coefficient (Wildman–Crippen LogP) is 1.28. The molecule has 21 heavy (non-hydrogen) atoms. The number of hydrogen-bond donors (Lipinski definition) is 2. The number of nitrogens with two attached hydrogens (primary N) is 1. The first-order chi connectivity index (χ1) is 9.93. The second-order valence-corrected chi connectivity index (χ2v) is 6.46. The molecule has 2 amide bonds. The molecule has 6 heteroatoms. The fraction of sp³-hybridized carbons (Fsp3) is 0.800. The van der Waals surface area contributed by atoms with E-state index in [1.165, 1.54) is 0 Å². The number of carbonyl (C=O) groups excluding carboxylic acids is 2. The van der Waals surface area contributed by atoms with Crippen molar-refractivity contribution in [3.05, 3.63) is 0 Å². The Balaban J connectivity index is 2.07. The maximum Gasteiger partial charge on any atom is 0.303 e. The quantitative estimate of drug-likeness (QED) is 0.798. The van der Waals surface area contributed by atoms with E-state index in [2.05, 4.69) is 0 Å². The lowest BCUT2D eigenvalue weighted by atomic mass is 9.79. The van der Waals surface area contributed by atoms with Gasteiger partial charge in [0.15, 0.2) is 0 Å². The summed E-state index contributed by atoms with van der Waals surface area (Å²) < 4.78 is 0. The van der Waals surface area contributed by atoms with Crippen molar-refractivity contribution in [2.45, 2.75) is 63.8 Å². The number of primary amides is 1. The van der Waals surface area contributed by atoms with Gasteiger partial charge in [-0.2, -0.15) is 0 Å². The minimum absolute atomic E-state index is 0.0355. The molecule has 0 spiro atoms. The van der Waals surface area contributed by atoms with E-state index in [9.17, 15) is 14.4 Å². The van der Waals surface area contributed by atoms with Crippen molar-refractivity contribution in [2.24, 2.45) is 11.1 Å². The van der Waals surface area contributed by atoms with Gasteiger partial charge in [-0.05, 0) is 37.5 Å². The van der Waals surface area contributed by atoms with E-state index in [4.69, 9.17) is 10.8 Å². The smallest absolute Gasteiger partial charge is 0.303 e. The van der Waals surface area contributed by atoms with Gasteiger partial charge in [0.2, 0.25) is 11.8 Å². The molecule has 0 aromatic rings. The second kappa shape index (κ2) is 6.45. The number of aliphatic carboxylic acids is 1. The monoisotopic (exact) mass is 296 g/mol. The van der Waals surface area contributed by atoms with E-state index in [1.807, 2.05) is 0 Å². The van der Waals surface area contributed by atoms with Gasteiger partial charge < -0.3 is 15.7 Å². The maximum atomic E-state index is 12.6. The molecule has 1 atom stereocenters. The lowest BCUT2D eigenvalue weighted by molar-refractivity contribution is -0.145. The van der Waals surface area contributed by atoms with Crippen molar-refractivity contribution in [3.8, 4) is 0 Å². The lowest BCUT2D eigenvalue weighted by Crippen LogP contribution is -2.51. The van der Waals surface area contributed by atoms with Gasteiger partial charge in [0, 0.05) is 13.0 Å². The first-order valence-electron chi connectivity index (χ1n) is 7.74. The van der Waals surface area contributed by atoms with Crippen molar-refractivity contribution < 1.29 is 19.5 Å². The van der Waals surface area contributed by atoms with Gasteiger partial charge in [-0.15, -0.1) is 0 Å². The zero-order valence-corrected chi connectivity index (χ0v) is 12.3. The molecule has 118 valence electrons. The van der Waals surface area contributed by atoms with Gasteiger partial charge in [0.05, 0.1) is 6.42 Å². The predicted molar refractivity (Wildman–Crippen MR) is 76.3 cm³/mol. The number of carbonyl (C=O) groups is 3. The Morgan fingerprint density at radius 2 is 1.76 bits per heavy atom. The van der Waals surface area contributed by atoms with Crippen LogP contribution in [0.4, 0.5) is 0 Å². The second-order valence-electron chi connectivity index (χ2n) is 6.46. The summed E-state index contributed by atoms with van der Waals surface area (Å²) in [7, 11) is 0. The van der Waals surface area contributed by atoms with Crippen molar-refractivity contribution in [1.82, 2.24) is 4.90 Å². The zero-order chi connectivity index (χ0) is 15.5. The van der Waals surface area contributed by atoms with Crippen LogP contribution < -0.4 is 5.73 Å². The summed E-state index contributed by atoms with van der Waals surface area (Å²) >= 11 is 0. The molecule has 1 saturated heterocycles. The third kappa shape index (κ3) is 3.74. The van der Waals surface area contributed by atoms with Crippen LogP contribution in [-0.2, 0) is 14.4 Å². The van der Waals surface area contributed by atoms with Gasteiger partial charge in [-0.3, -0.25) is 14.4 Å². The third-order valence-corrected chi connectivity index (χ3v) is 4.87. The average Bonchev–Trinajstić information content (AvgIpc) is 2.85. The van der Waals surface area contributed by atoms with Crippen molar-refractivity contribution in [1.29, 1.82) is 0 Å². The molecule has 6 nitrogen and oxygen atoms in total. The number of amides is 2. The number of hydrogen-bond acceptors (Lipinski definition) is 3. The van der Waals surface area contributed by atoms with Crippen molar-refractivity contribution >= 4 is 17.8 Å². The Hall–Kier alpha value is -1.59. The summed E-state index contributed by atoms with van der Waals surface area (Å²) in [4.78, 5) is 36.7. The highest BCUT2D eigenvalue weighted by Gasteiger charge is 2.41. The highest BCUT2D eigenvalue weighted by Crippen LogP contribution is 2.44. The standard InChI is InChI=1S/C15H24N2O4/c16-14(21)11-5-1-4-8-17(11)12(18)9-15(10-13(19)20)6-2-3-7-15/h11H,1-10H2,(H2,16,21)(H,19,20). The van der Waals surface area contributed by atoms with E-state index in [0.29, 0.717) is 13.0 Å². The molecule has 0 aromatic heterocycles. The minimum Gasteiger partial charge on any atom is -0.481 e. The van der Waals surface area contributed by atoms with E-state index in [1.54, 1.807) is 4.90 Å². The van der Waals surface area contributed by atoms with Crippen LogP contribution in [0.3, 0.4) is 0 Å². The first-order valence-corrected chi connectivity index (χ1v) is 7.74. The van der Waals surface area contributed by atoms with Crippen LogP contribution in [0, 0.1) is 5.41 Å². The van der Waals surface area contributed by atoms with E-state index in [-0.39, 0.29) is 18.7 Å². The third-order valence-electron chi connectivity index (χ3n) is 4.87. The Morgan fingerprint density at radius 3 is 2.33 bits per heavy atom. The summed E-state index contributed by atoms with van der Waals surface area (Å²) in [6, 6.07) is -0.519. The Labute approximate surface area is 124 Å². The molecule has 0 bridgehead atoms. The van der Waals surface area contributed by atoms with Gasteiger partial charge >= 0.3 is 5.97 Å². The molecule has 0 aromatic carbocycles. The molecule has 3 N–H and O–H groups in total. The molecule has 2 fully saturated rings. The summed E-state index contributed by atoms with van der Waals surface area (Å²) in [5.41, 5.74) is 4.96. The van der Waals surface area contributed by atoms with Crippen LogP contribution in [0.2, 0.25) is 0 Å². The molecule has 1 aliphatic carbocycles. The molecule has 1 saturated carbocycles. The Bertz CT molecular complexity index is 429. The van der Waals surface area contributed by atoms with Gasteiger partial charge in [-0.1, -0.05) is 12.8 Å². The maximum absolute atomic E-state index is 12.6. The minimum atomic E-state index is -0.852. The van der Waals surface area contributed by atoms with Crippen LogP contribution in [0.5, 0.6) is 0 Å². The molecule has 1 aliphatic heterocycles. The first kappa shape index (κ1) is 15.8. The fourth-order valence-corrected chi connectivity index (χ4v) is 3.81. The van der Waals surface area contributed by atoms with Crippen molar-refractivity contribution in [2.75, 3.05) is 6.54 Å². The van der Waals surface area contributed by atoms with Gasteiger partial charge in [0.1, 0.15) is 6.04 Å². The highest BCUT2D eigenvalue weighted by molar-refractivity contribution is 5.87. The molecule has 1 unspecified atom stereocenters. The lowest BCUT2D eigenvalue weighted by Gasteiger charge is -2.36. The average molecular weight is 296 g/mol. The molecule has 2 rings (SSSR count). The van der Waals surface area contributed by atoms with Crippen LogP contribution in [-0.4, -0.2) is 40.4 Å². The number of piperidine rings is 1. The highest BCUT2D eigenvalue weighted by atomic mass is 16.4. The number of carboxylic acid groups (broad SMARTS) is 1. The van der Waals surface area contributed by atoms with E-state index < -0.39 is 23.3 Å². The number of carboxylic acids is 1. The molecular formula is C15H24N2O4. The molecule has 0 radical (unpaired) electrons. The van der Waals surface area contributed by atoms with Crippen LogP contribution in [0.25, 0.3) is 0 Å². The van der Waals surface area contributed by atoms with Gasteiger partial charge in [-0.25, -0.2) is 0 Å². The normalized spacial score (nSPS) is 24.8. The SMILES string of the molecule is NC(=O)C1CCCCN1C(=O)CC1(CC(=O)O)CCCC1. The van der Waals surface area contributed by atoms with Crippen molar-refractivity contribution in [3.63, 3.8) is 0 Å². The molecule has 1 heterocycles. The van der Waals surface area contributed by atoms with Crippen LogP contribution >= 0.6 is 0 Å². The van der Waals surface area contributed by atoms with Gasteiger partial charge in [0.25, 0.3) is 0 Å². The van der Waals surface area contributed by atoms with Crippen LogP contribution in [0.1, 0.15) is 57.8 Å². The number of likely N-dealkylation sites (tertiary alicyclic amines) is 1. The molecular weight excluding hydrogens is 272 g/mol. The number of rotatable bonds is 5. The van der Waals surface area contributed by atoms with E-state index in [0.717, 1.165) is 38.5 Å². The summed E-state index contributed by atoms with van der Waals surface area (Å²) in [6.45, 7) is 0.551. The fourth-order valence-electron chi connectivity index (χ4n) is 3.81. The number of nitrogens with zero attached hydrogens (tertiary/aromatic N) is 1. The summed E-state index contributed by atoms with van der Waals surface area (Å²) in [5, 5.41) is 9.10. The largest absolute Gasteiger partial charge is 0.481 e. The Morgan fingerprint density at radius 1 is 1.10 bits per heavy atom. The Kier molecular flexibility index (Phi) is 4.85. The zero-order valence-electron chi connectivity index (χ0n) is 12.3. The topological polar surface area (TPSA) is 101 Å². The van der Waals surface area contributed by atoms with E-state index >= 15 is 0 Å². The van der Waals surface area contributed by atoms with Crippen LogP contribution in [0.15, 0.2) is 0 Å². The molecule has 2 aliphatic rings. The summed E-state index contributed by atoms with van der Waals surface area (Å²) in [6.07, 6.45) is 6.16.